The van der Waals surface area contributed by atoms with Gasteiger partial charge in [0.05, 0.1) is 13.5 Å². The molecule has 4 heteroatoms. The summed E-state index contributed by atoms with van der Waals surface area (Å²) in [5.41, 5.74) is 3.06. The molecule has 3 rings (SSSR count). The van der Waals surface area contributed by atoms with Crippen molar-refractivity contribution in [3.05, 3.63) is 52.6 Å². The summed E-state index contributed by atoms with van der Waals surface area (Å²) in [5.74, 6) is 1.15. The van der Waals surface area contributed by atoms with E-state index >= 15 is 0 Å². The van der Waals surface area contributed by atoms with Crippen molar-refractivity contribution in [1.82, 2.24) is 0 Å². The minimum Gasteiger partial charge on any atom is -0.507 e. The molecule has 2 aromatic carbocycles. The van der Waals surface area contributed by atoms with E-state index in [9.17, 15) is 9.90 Å². The lowest BCUT2D eigenvalue weighted by atomic mass is 9.94. The highest BCUT2D eigenvalue weighted by molar-refractivity contribution is 6.02. The molecule has 0 radical (unpaired) electrons. The van der Waals surface area contributed by atoms with Gasteiger partial charge in [0.1, 0.15) is 28.9 Å². The Labute approximate surface area is 129 Å². The second kappa shape index (κ2) is 5.37. The van der Waals surface area contributed by atoms with E-state index in [0.29, 0.717) is 5.75 Å². The van der Waals surface area contributed by atoms with Gasteiger partial charge in [-0.1, -0.05) is 6.07 Å². The highest BCUT2D eigenvalue weighted by Gasteiger charge is 2.30. The van der Waals surface area contributed by atoms with Crippen molar-refractivity contribution >= 4 is 5.78 Å². The van der Waals surface area contributed by atoms with E-state index in [0.717, 1.165) is 22.4 Å². The molecule has 1 heterocycles. The first kappa shape index (κ1) is 14.4. The molecule has 0 aliphatic carbocycles. The number of methoxy groups -OCH3 is 1. The van der Waals surface area contributed by atoms with E-state index < -0.39 is 0 Å². The standard InChI is InChI=1S/C18H18O4/c1-10-6-13(19)18-14(20)9-16(22-17(18)7-10)12-4-5-15(21-3)11(2)8-12/h4-8,16,19H,9H2,1-3H3. The Morgan fingerprint density at radius 1 is 1.23 bits per heavy atom. The number of aromatic hydroxyl groups is 1. The summed E-state index contributed by atoms with van der Waals surface area (Å²) >= 11 is 0. The summed E-state index contributed by atoms with van der Waals surface area (Å²) in [6, 6.07) is 9.12. The third-order valence-corrected chi connectivity index (χ3v) is 3.94. The third kappa shape index (κ3) is 2.41. The first-order chi connectivity index (χ1) is 10.5. The first-order valence-electron chi connectivity index (χ1n) is 7.17. The fraction of sp³-hybridized carbons (Fsp3) is 0.278. The number of ether oxygens (including phenoxy) is 2. The molecule has 22 heavy (non-hydrogen) atoms. The van der Waals surface area contributed by atoms with Crippen molar-refractivity contribution in [2.24, 2.45) is 0 Å². The lowest BCUT2D eigenvalue weighted by Crippen LogP contribution is -2.20. The Morgan fingerprint density at radius 3 is 2.68 bits per heavy atom. The predicted molar refractivity (Wildman–Crippen MR) is 82.9 cm³/mol. The molecule has 1 N–H and O–H groups in total. The summed E-state index contributed by atoms with van der Waals surface area (Å²) in [6.07, 6.45) is -0.124. The van der Waals surface area contributed by atoms with Crippen molar-refractivity contribution in [3.63, 3.8) is 0 Å². The molecule has 0 aromatic heterocycles. The van der Waals surface area contributed by atoms with E-state index in [2.05, 4.69) is 0 Å². The van der Waals surface area contributed by atoms with E-state index in [1.807, 2.05) is 32.0 Å². The summed E-state index contributed by atoms with van der Waals surface area (Å²) in [4.78, 5) is 12.3. The molecule has 114 valence electrons. The smallest absolute Gasteiger partial charge is 0.174 e. The van der Waals surface area contributed by atoms with Crippen LogP contribution in [0.2, 0.25) is 0 Å². The number of aryl methyl sites for hydroxylation is 2. The molecular formula is C18H18O4. The topological polar surface area (TPSA) is 55.8 Å². The zero-order chi connectivity index (χ0) is 15.9. The van der Waals surface area contributed by atoms with Gasteiger partial charge in [-0.15, -0.1) is 0 Å². The fourth-order valence-corrected chi connectivity index (χ4v) is 2.86. The maximum Gasteiger partial charge on any atom is 0.174 e. The predicted octanol–water partition coefficient (Wildman–Crippen LogP) is 3.72. The second-order valence-corrected chi connectivity index (χ2v) is 5.62. The van der Waals surface area contributed by atoms with E-state index in [1.165, 1.54) is 0 Å². The van der Waals surface area contributed by atoms with Crippen LogP contribution in [0.25, 0.3) is 0 Å². The number of phenols is 1. The minimum atomic E-state index is -0.342. The number of phenolic OH excluding ortho intramolecular Hbond substituents is 1. The van der Waals surface area contributed by atoms with Gasteiger partial charge < -0.3 is 14.6 Å². The number of fused-ring (bicyclic) bond motifs is 1. The molecule has 1 aliphatic rings. The number of hydrogen-bond acceptors (Lipinski definition) is 4. The zero-order valence-corrected chi connectivity index (χ0v) is 12.8. The highest BCUT2D eigenvalue weighted by Crippen LogP contribution is 2.40. The van der Waals surface area contributed by atoms with Crippen LogP contribution >= 0.6 is 0 Å². The van der Waals surface area contributed by atoms with E-state index in [4.69, 9.17) is 9.47 Å². The van der Waals surface area contributed by atoms with Crippen LogP contribution in [-0.2, 0) is 0 Å². The van der Waals surface area contributed by atoms with Gasteiger partial charge >= 0.3 is 0 Å². The average Bonchev–Trinajstić information content (AvgIpc) is 2.45. The van der Waals surface area contributed by atoms with Crippen molar-refractivity contribution < 1.29 is 19.4 Å². The molecule has 0 bridgehead atoms. The van der Waals surface area contributed by atoms with E-state index in [-0.39, 0.29) is 29.6 Å². The number of benzene rings is 2. The van der Waals surface area contributed by atoms with Gasteiger partial charge in [-0.3, -0.25) is 4.79 Å². The summed E-state index contributed by atoms with van der Waals surface area (Å²) in [7, 11) is 1.63. The lowest BCUT2D eigenvalue weighted by Gasteiger charge is -2.26. The maximum atomic E-state index is 12.3. The SMILES string of the molecule is COc1ccc(C2CC(=O)c3c(O)cc(C)cc3O2)cc1C. The minimum absolute atomic E-state index is 0.00985. The molecule has 0 spiro atoms. The van der Waals surface area contributed by atoms with Crippen LogP contribution in [0.1, 0.15) is 39.6 Å². The van der Waals surface area contributed by atoms with Crippen LogP contribution < -0.4 is 9.47 Å². The molecule has 1 atom stereocenters. The molecule has 4 nitrogen and oxygen atoms in total. The molecule has 0 saturated heterocycles. The normalized spacial score (nSPS) is 16.9. The van der Waals surface area contributed by atoms with Crippen LogP contribution in [0, 0.1) is 13.8 Å². The molecule has 1 unspecified atom stereocenters. The van der Waals surface area contributed by atoms with Crippen LogP contribution in [0.3, 0.4) is 0 Å². The number of rotatable bonds is 2. The Bertz CT molecular complexity index is 749. The number of ketones is 1. The van der Waals surface area contributed by atoms with Crippen LogP contribution in [0.5, 0.6) is 17.2 Å². The Balaban J connectivity index is 1.98. The van der Waals surface area contributed by atoms with Crippen molar-refractivity contribution in [2.45, 2.75) is 26.4 Å². The first-order valence-corrected chi connectivity index (χ1v) is 7.17. The molecule has 0 amide bonds. The van der Waals surface area contributed by atoms with Crippen molar-refractivity contribution in [1.29, 1.82) is 0 Å². The zero-order valence-electron chi connectivity index (χ0n) is 12.8. The third-order valence-electron chi connectivity index (χ3n) is 3.94. The molecule has 0 saturated carbocycles. The Morgan fingerprint density at radius 2 is 2.00 bits per heavy atom. The summed E-state index contributed by atoms with van der Waals surface area (Å²) in [5, 5.41) is 9.96. The molecular weight excluding hydrogens is 280 g/mol. The Hall–Kier alpha value is -2.49. The molecule has 0 fully saturated rings. The van der Waals surface area contributed by atoms with Gasteiger partial charge in [0.2, 0.25) is 0 Å². The van der Waals surface area contributed by atoms with E-state index in [1.54, 1.807) is 19.2 Å². The van der Waals surface area contributed by atoms with Crippen LogP contribution in [0.4, 0.5) is 0 Å². The van der Waals surface area contributed by atoms with Gasteiger partial charge in [0, 0.05) is 0 Å². The lowest BCUT2D eigenvalue weighted by molar-refractivity contribution is 0.0845. The highest BCUT2D eigenvalue weighted by atomic mass is 16.5. The van der Waals surface area contributed by atoms with Crippen LogP contribution in [-0.4, -0.2) is 18.0 Å². The average molecular weight is 298 g/mol. The summed E-state index contributed by atoms with van der Waals surface area (Å²) < 4.78 is 11.2. The monoisotopic (exact) mass is 298 g/mol. The van der Waals surface area contributed by atoms with Crippen molar-refractivity contribution in [3.8, 4) is 17.2 Å². The quantitative estimate of drug-likeness (QED) is 0.918. The van der Waals surface area contributed by atoms with Gasteiger partial charge in [0.25, 0.3) is 0 Å². The number of carbonyl (C=O) groups excluding carboxylic acids is 1. The van der Waals surface area contributed by atoms with Crippen LogP contribution in [0.15, 0.2) is 30.3 Å². The van der Waals surface area contributed by atoms with Gasteiger partial charge in [-0.05, 0) is 54.8 Å². The number of hydrogen-bond donors (Lipinski definition) is 1. The molecule has 2 aromatic rings. The number of carbonyl (C=O) groups is 1. The largest absolute Gasteiger partial charge is 0.507 e. The van der Waals surface area contributed by atoms with Gasteiger partial charge in [-0.25, -0.2) is 0 Å². The Kier molecular flexibility index (Phi) is 3.53. The number of Topliss-reactive ketones (excluding diaryl/α,β-unsaturated/α-hetero) is 1. The van der Waals surface area contributed by atoms with Gasteiger partial charge in [0.15, 0.2) is 5.78 Å². The second-order valence-electron chi connectivity index (χ2n) is 5.62. The summed E-state index contributed by atoms with van der Waals surface area (Å²) in [6.45, 7) is 3.81. The molecule has 1 aliphatic heterocycles. The maximum absolute atomic E-state index is 12.3. The van der Waals surface area contributed by atoms with Crippen molar-refractivity contribution in [2.75, 3.05) is 7.11 Å². The van der Waals surface area contributed by atoms with Gasteiger partial charge in [-0.2, -0.15) is 0 Å². The fourth-order valence-electron chi connectivity index (χ4n) is 2.86.